The Kier molecular flexibility index (Phi) is 7.69. The Labute approximate surface area is 170 Å². The SMILES string of the molecule is CCCN(CC(O)c1ccc(C(F)(F)F)nc1)C(=O)Cc1ccc(Cl)c(Cl)c1. The molecule has 0 fully saturated rings. The number of carbonyl (C=O) groups is 1. The zero-order valence-corrected chi connectivity index (χ0v) is 16.5. The Bertz CT molecular complexity index is 814. The van der Waals surface area contributed by atoms with Crippen molar-refractivity contribution in [1.82, 2.24) is 9.88 Å². The molecular weight excluding hydrogens is 416 g/mol. The second-order valence-electron chi connectivity index (χ2n) is 6.26. The molecule has 28 heavy (non-hydrogen) atoms. The number of halogens is 5. The summed E-state index contributed by atoms with van der Waals surface area (Å²) in [5.74, 6) is -0.237. The molecule has 0 aliphatic heterocycles. The lowest BCUT2D eigenvalue weighted by molar-refractivity contribution is -0.141. The Balaban J connectivity index is 2.08. The number of nitrogens with zero attached hydrogens (tertiary/aromatic N) is 2. The zero-order valence-electron chi connectivity index (χ0n) is 15.0. The third-order valence-corrected chi connectivity index (χ3v) is 4.78. The predicted octanol–water partition coefficient (Wildman–Crippen LogP) is 4.92. The first-order chi connectivity index (χ1) is 13.1. The molecule has 0 saturated carbocycles. The molecule has 152 valence electrons. The number of alkyl halides is 3. The summed E-state index contributed by atoms with van der Waals surface area (Å²) in [6.45, 7) is 2.22. The van der Waals surface area contributed by atoms with E-state index in [0.717, 1.165) is 18.3 Å². The summed E-state index contributed by atoms with van der Waals surface area (Å²) in [4.78, 5) is 17.4. The Morgan fingerprint density at radius 1 is 1.21 bits per heavy atom. The minimum atomic E-state index is -4.55. The first-order valence-corrected chi connectivity index (χ1v) is 9.30. The summed E-state index contributed by atoms with van der Waals surface area (Å²) in [6, 6.07) is 6.85. The van der Waals surface area contributed by atoms with E-state index in [9.17, 15) is 23.1 Å². The number of rotatable bonds is 7. The molecule has 1 aromatic heterocycles. The van der Waals surface area contributed by atoms with Gasteiger partial charge in [-0.2, -0.15) is 13.2 Å². The van der Waals surface area contributed by atoms with E-state index in [1.807, 2.05) is 6.92 Å². The van der Waals surface area contributed by atoms with Crippen molar-refractivity contribution >= 4 is 29.1 Å². The van der Waals surface area contributed by atoms with Crippen LogP contribution in [0.2, 0.25) is 10.0 Å². The number of aromatic nitrogens is 1. The van der Waals surface area contributed by atoms with Crippen molar-refractivity contribution < 1.29 is 23.1 Å². The summed E-state index contributed by atoms with van der Waals surface area (Å²) < 4.78 is 37.8. The lowest BCUT2D eigenvalue weighted by Crippen LogP contribution is -2.36. The van der Waals surface area contributed by atoms with E-state index in [4.69, 9.17) is 23.2 Å². The van der Waals surface area contributed by atoms with Crippen LogP contribution in [0.3, 0.4) is 0 Å². The average Bonchev–Trinajstić information content (AvgIpc) is 2.63. The molecule has 1 aromatic carbocycles. The van der Waals surface area contributed by atoms with Gasteiger partial charge in [0.2, 0.25) is 5.91 Å². The van der Waals surface area contributed by atoms with E-state index in [0.29, 0.717) is 28.6 Å². The quantitative estimate of drug-likeness (QED) is 0.672. The molecule has 1 amide bonds. The van der Waals surface area contributed by atoms with Gasteiger partial charge in [-0.1, -0.05) is 42.3 Å². The summed E-state index contributed by atoms with van der Waals surface area (Å²) in [5.41, 5.74) is -0.160. The molecule has 9 heteroatoms. The monoisotopic (exact) mass is 434 g/mol. The molecule has 0 aliphatic rings. The van der Waals surface area contributed by atoms with E-state index in [2.05, 4.69) is 4.98 Å². The lowest BCUT2D eigenvalue weighted by Gasteiger charge is -2.25. The van der Waals surface area contributed by atoms with Gasteiger partial charge in [0.25, 0.3) is 0 Å². The Morgan fingerprint density at radius 2 is 1.93 bits per heavy atom. The first kappa shape index (κ1) is 22.5. The standard InChI is InChI=1S/C19H19Cl2F3N2O2/c1-2-7-26(18(28)9-12-3-5-14(20)15(21)8-12)11-16(27)13-4-6-17(25-10-13)19(22,23)24/h3-6,8,10,16,27H,2,7,9,11H2,1H3. The van der Waals surface area contributed by atoms with Gasteiger partial charge >= 0.3 is 6.18 Å². The molecule has 2 rings (SSSR count). The van der Waals surface area contributed by atoms with Crippen LogP contribution in [0.5, 0.6) is 0 Å². The van der Waals surface area contributed by atoms with Crippen molar-refractivity contribution in [3.63, 3.8) is 0 Å². The maximum absolute atomic E-state index is 12.6. The maximum atomic E-state index is 12.6. The number of aliphatic hydroxyl groups excluding tert-OH is 1. The topological polar surface area (TPSA) is 53.4 Å². The van der Waals surface area contributed by atoms with E-state index in [-0.39, 0.29) is 24.4 Å². The van der Waals surface area contributed by atoms with Crippen LogP contribution in [-0.4, -0.2) is 34.0 Å². The number of pyridine rings is 1. The molecule has 1 atom stereocenters. The van der Waals surface area contributed by atoms with Crippen molar-refractivity contribution in [2.45, 2.75) is 32.0 Å². The normalized spacial score (nSPS) is 12.7. The summed E-state index contributed by atoms with van der Waals surface area (Å²) in [5, 5.41) is 11.1. The second-order valence-corrected chi connectivity index (χ2v) is 7.07. The number of aliphatic hydroxyl groups is 1. The summed E-state index contributed by atoms with van der Waals surface area (Å²) >= 11 is 11.8. The van der Waals surface area contributed by atoms with Gasteiger partial charge in [-0.15, -0.1) is 0 Å². The van der Waals surface area contributed by atoms with Gasteiger partial charge in [0.1, 0.15) is 5.69 Å². The van der Waals surface area contributed by atoms with Gasteiger partial charge in [-0.05, 0) is 30.2 Å². The zero-order chi connectivity index (χ0) is 20.9. The third kappa shape index (κ3) is 6.09. The second kappa shape index (κ2) is 9.58. The van der Waals surface area contributed by atoms with Crippen molar-refractivity contribution in [3.8, 4) is 0 Å². The first-order valence-electron chi connectivity index (χ1n) is 8.54. The van der Waals surface area contributed by atoms with Crippen LogP contribution < -0.4 is 0 Å². The highest BCUT2D eigenvalue weighted by Gasteiger charge is 2.32. The van der Waals surface area contributed by atoms with E-state index < -0.39 is 18.0 Å². The fraction of sp³-hybridized carbons (Fsp3) is 0.368. The van der Waals surface area contributed by atoms with E-state index in [1.54, 1.807) is 18.2 Å². The van der Waals surface area contributed by atoms with Crippen molar-refractivity contribution in [2.24, 2.45) is 0 Å². The number of hydrogen-bond acceptors (Lipinski definition) is 3. The van der Waals surface area contributed by atoms with Crippen LogP contribution >= 0.6 is 23.2 Å². The van der Waals surface area contributed by atoms with Crippen molar-refractivity contribution in [3.05, 3.63) is 63.4 Å². The van der Waals surface area contributed by atoms with Crippen molar-refractivity contribution in [2.75, 3.05) is 13.1 Å². The molecule has 1 heterocycles. The van der Waals surface area contributed by atoms with Crippen molar-refractivity contribution in [1.29, 1.82) is 0 Å². The molecule has 0 saturated heterocycles. The van der Waals surface area contributed by atoms with Crippen LogP contribution in [0.25, 0.3) is 0 Å². The molecule has 0 aliphatic carbocycles. The number of amides is 1. The van der Waals surface area contributed by atoms with Gasteiger partial charge in [-0.25, -0.2) is 0 Å². The number of carbonyl (C=O) groups excluding carboxylic acids is 1. The van der Waals surface area contributed by atoms with Gasteiger partial charge in [0.15, 0.2) is 0 Å². The molecule has 0 bridgehead atoms. The summed E-state index contributed by atoms with van der Waals surface area (Å²) in [6.07, 6.45) is -4.01. The van der Waals surface area contributed by atoms with Crippen LogP contribution in [0.15, 0.2) is 36.5 Å². The molecule has 1 N–H and O–H groups in total. The maximum Gasteiger partial charge on any atom is 0.433 e. The number of hydrogen-bond donors (Lipinski definition) is 1. The third-order valence-electron chi connectivity index (χ3n) is 4.04. The van der Waals surface area contributed by atoms with Crippen LogP contribution in [-0.2, 0) is 17.4 Å². The fourth-order valence-corrected chi connectivity index (χ4v) is 2.93. The Morgan fingerprint density at radius 3 is 2.46 bits per heavy atom. The van der Waals surface area contributed by atoms with Crippen LogP contribution in [0, 0.1) is 0 Å². The average molecular weight is 435 g/mol. The van der Waals surface area contributed by atoms with E-state index >= 15 is 0 Å². The smallest absolute Gasteiger partial charge is 0.386 e. The molecule has 2 aromatic rings. The van der Waals surface area contributed by atoms with Gasteiger partial charge in [0.05, 0.1) is 29.1 Å². The summed E-state index contributed by atoms with van der Waals surface area (Å²) in [7, 11) is 0. The van der Waals surface area contributed by atoms with Crippen LogP contribution in [0.4, 0.5) is 13.2 Å². The minimum absolute atomic E-state index is 0.0545. The highest BCUT2D eigenvalue weighted by atomic mass is 35.5. The molecule has 4 nitrogen and oxygen atoms in total. The highest BCUT2D eigenvalue weighted by Crippen LogP contribution is 2.28. The number of benzene rings is 1. The molecular formula is C19H19Cl2F3N2O2. The van der Waals surface area contributed by atoms with E-state index in [1.165, 1.54) is 4.90 Å². The van der Waals surface area contributed by atoms with Crippen LogP contribution in [0.1, 0.15) is 36.3 Å². The molecule has 1 unspecified atom stereocenters. The fourth-order valence-electron chi connectivity index (χ4n) is 2.61. The van der Waals surface area contributed by atoms with Gasteiger partial charge in [0, 0.05) is 18.3 Å². The Hall–Kier alpha value is -1.83. The molecule has 0 radical (unpaired) electrons. The lowest BCUT2D eigenvalue weighted by atomic mass is 10.1. The minimum Gasteiger partial charge on any atom is -0.386 e. The van der Waals surface area contributed by atoms with Gasteiger partial charge < -0.3 is 10.0 Å². The van der Waals surface area contributed by atoms with Gasteiger partial charge in [-0.3, -0.25) is 9.78 Å². The highest BCUT2D eigenvalue weighted by molar-refractivity contribution is 6.42. The molecule has 0 spiro atoms. The largest absolute Gasteiger partial charge is 0.433 e. The predicted molar refractivity (Wildman–Crippen MR) is 101 cm³/mol.